The number of piperidine rings is 1. The number of carbonyl (C=O) groups excluding carboxylic acids is 1. The predicted octanol–water partition coefficient (Wildman–Crippen LogP) is 2.07. The van der Waals surface area contributed by atoms with E-state index in [-0.39, 0.29) is 24.0 Å². The largest absolute Gasteiger partial charge is 0.480 e. The van der Waals surface area contributed by atoms with Crippen molar-refractivity contribution < 1.29 is 14.7 Å². The number of hydrogen-bond donors (Lipinski definition) is 2. The molecule has 0 aromatic carbocycles. The molecule has 5 nitrogen and oxygen atoms in total. The van der Waals surface area contributed by atoms with Crippen molar-refractivity contribution >= 4 is 12.0 Å². The molecule has 1 heterocycles. The number of carbonyl (C=O) groups is 2. The molecule has 0 aromatic heterocycles. The number of nitrogens with zero attached hydrogens (tertiary/aromatic N) is 1. The van der Waals surface area contributed by atoms with Gasteiger partial charge in [-0.15, -0.1) is 0 Å². The number of amides is 2. The number of likely N-dealkylation sites (tertiary alicyclic amines) is 1. The van der Waals surface area contributed by atoms with Gasteiger partial charge in [0.05, 0.1) is 0 Å². The Morgan fingerprint density at radius 3 is 2.11 bits per heavy atom. The average molecular weight is 256 g/mol. The first-order valence-corrected chi connectivity index (χ1v) is 6.66. The minimum absolute atomic E-state index is 0.123. The highest BCUT2D eigenvalue weighted by molar-refractivity contribution is 5.83. The van der Waals surface area contributed by atoms with E-state index in [1.165, 1.54) is 0 Å². The van der Waals surface area contributed by atoms with Crippen molar-refractivity contribution in [2.75, 3.05) is 0 Å². The first-order chi connectivity index (χ1) is 8.34. The van der Waals surface area contributed by atoms with E-state index in [0.29, 0.717) is 0 Å². The summed E-state index contributed by atoms with van der Waals surface area (Å²) in [5, 5.41) is 11.7. The van der Waals surface area contributed by atoms with E-state index in [1.807, 2.05) is 13.8 Å². The van der Waals surface area contributed by atoms with Crippen LogP contribution >= 0.6 is 0 Å². The monoisotopic (exact) mass is 256 g/mol. The summed E-state index contributed by atoms with van der Waals surface area (Å²) in [5.41, 5.74) is 0. The predicted molar refractivity (Wildman–Crippen MR) is 69.4 cm³/mol. The Morgan fingerprint density at radius 2 is 1.72 bits per heavy atom. The molecule has 5 heteroatoms. The molecule has 1 aliphatic heterocycles. The molecule has 0 aliphatic carbocycles. The van der Waals surface area contributed by atoms with Crippen molar-refractivity contribution in [1.29, 1.82) is 0 Å². The fourth-order valence-electron chi connectivity index (χ4n) is 2.54. The second-order valence-electron chi connectivity index (χ2n) is 5.55. The number of carboxylic acids is 1. The number of rotatable bonds is 3. The van der Waals surface area contributed by atoms with Gasteiger partial charge in [-0.1, -0.05) is 13.8 Å². The van der Waals surface area contributed by atoms with Crippen LogP contribution in [0.4, 0.5) is 4.79 Å². The van der Waals surface area contributed by atoms with Crippen LogP contribution in [0.5, 0.6) is 0 Å². The van der Waals surface area contributed by atoms with Crippen molar-refractivity contribution in [3.63, 3.8) is 0 Å². The Kier molecular flexibility index (Phi) is 4.99. The fourth-order valence-corrected chi connectivity index (χ4v) is 2.54. The first-order valence-electron chi connectivity index (χ1n) is 6.66. The molecule has 1 saturated heterocycles. The van der Waals surface area contributed by atoms with Crippen LogP contribution in [0.1, 0.15) is 47.0 Å². The Morgan fingerprint density at radius 1 is 1.22 bits per heavy atom. The minimum atomic E-state index is -0.976. The van der Waals surface area contributed by atoms with Crippen LogP contribution < -0.4 is 5.32 Å². The fraction of sp³-hybridized carbons (Fsp3) is 0.846. The van der Waals surface area contributed by atoms with Crippen LogP contribution in [-0.2, 0) is 4.79 Å². The molecule has 3 atom stereocenters. The Labute approximate surface area is 109 Å². The van der Waals surface area contributed by atoms with Gasteiger partial charge in [0.1, 0.15) is 6.04 Å². The van der Waals surface area contributed by atoms with Gasteiger partial charge >= 0.3 is 12.0 Å². The summed E-state index contributed by atoms with van der Waals surface area (Å²) < 4.78 is 0. The maximum absolute atomic E-state index is 12.2. The van der Waals surface area contributed by atoms with Crippen LogP contribution in [0.25, 0.3) is 0 Å². The van der Waals surface area contributed by atoms with E-state index in [1.54, 1.807) is 18.7 Å². The molecule has 0 spiro atoms. The van der Waals surface area contributed by atoms with Gasteiger partial charge in [0.25, 0.3) is 0 Å². The lowest BCUT2D eigenvalue weighted by atomic mass is 9.98. The van der Waals surface area contributed by atoms with Gasteiger partial charge in [0, 0.05) is 12.1 Å². The number of aliphatic carboxylic acids is 1. The molecule has 1 aliphatic rings. The maximum atomic E-state index is 12.2. The van der Waals surface area contributed by atoms with E-state index < -0.39 is 12.0 Å². The molecule has 0 bridgehead atoms. The van der Waals surface area contributed by atoms with Crippen LogP contribution in [-0.4, -0.2) is 40.1 Å². The van der Waals surface area contributed by atoms with Crippen molar-refractivity contribution in [2.24, 2.45) is 5.92 Å². The molecule has 0 aromatic rings. The highest BCUT2D eigenvalue weighted by Gasteiger charge is 2.32. The third kappa shape index (κ3) is 3.37. The maximum Gasteiger partial charge on any atom is 0.326 e. The number of carboxylic acid groups (broad SMARTS) is 1. The topological polar surface area (TPSA) is 69.6 Å². The lowest BCUT2D eigenvalue weighted by Gasteiger charge is -2.39. The van der Waals surface area contributed by atoms with Gasteiger partial charge in [-0.05, 0) is 39.0 Å². The first kappa shape index (κ1) is 14.8. The quantitative estimate of drug-likeness (QED) is 0.812. The summed E-state index contributed by atoms with van der Waals surface area (Å²) in [5.74, 6) is -1.10. The minimum Gasteiger partial charge on any atom is -0.480 e. The summed E-state index contributed by atoms with van der Waals surface area (Å²) in [4.78, 5) is 25.1. The molecule has 0 saturated carbocycles. The summed E-state index contributed by atoms with van der Waals surface area (Å²) >= 11 is 0. The van der Waals surface area contributed by atoms with Crippen LogP contribution in [0, 0.1) is 5.92 Å². The molecule has 0 unspecified atom stereocenters. The third-order valence-electron chi connectivity index (χ3n) is 3.64. The van der Waals surface area contributed by atoms with Crippen molar-refractivity contribution in [3.8, 4) is 0 Å². The van der Waals surface area contributed by atoms with Crippen molar-refractivity contribution in [3.05, 3.63) is 0 Å². The van der Waals surface area contributed by atoms with Crippen molar-refractivity contribution in [2.45, 2.75) is 65.1 Å². The van der Waals surface area contributed by atoms with Gasteiger partial charge in [-0.25, -0.2) is 9.59 Å². The Balaban J connectivity index is 2.70. The molecular weight excluding hydrogens is 232 g/mol. The highest BCUT2D eigenvalue weighted by atomic mass is 16.4. The Bertz CT molecular complexity index is 307. The van der Waals surface area contributed by atoms with Gasteiger partial charge < -0.3 is 15.3 Å². The second-order valence-corrected chi connectivity index (χ2v) is 5.55. The molecule has 1 rings (SSSR count). The molecule has 1 fully saturated rings. The highest BCUT2D eigenvalue weighted by Crippen LogP contribution is 2.22. The molecule has 2 N–H and O–H groups in total. The zero-order valence-corrected chi connectivity index (χ0v) is 11.6. The standard InChI is InChI=1S/C13H24N2O3/c1-8(2)11(12(16)17)14-13(18)15-9(3)6-5-7-10(15)4/h8-11H,5-7H2,1-4H3,(H,14,18)(H,16,17)/t9-,10+,11-/m1/s1. The second kappa shape index (κ2) is 6.07. The lowest BCUT2D eigenvalue weighted by Crippen LogP contribution is -2.56. The zero-order valence-electron chi connectivity index (χ0n) is 11.6. The van der Waals surface area contributed by atoms with Crippen molar-refractivity contribution in [1.82, 2.24) is 10.2 Å². The van der Waals surface area contributed by atoms with E-state index in [0.717, 1.165) is 19.3 Å². The van der Waals surface area contributed by atoms with E-state index in [4.69, 9.17) is 5.11 Å². The summed E-state index contributed by atoms with van der Waals surface area (Å²) in [6.07, 6.45) is 3.09. The molecule has 18 heavy (non-hydrogen) atoms. The molecule has 2 amide bonds. The van der Waals surface area contributed by atoms with Crippen LogP contribution in [0.3, 0.4) is 0 Å². The Hall–Kier alpha value is -1.26. The average Bonchev–Trinajstić information content (AvgIpc) is 2.24. The van der Waals surface area contributed by atoms with Gasteiger partial charge in [0.15, 0.2) is 0 Å². The normalized spacial score (nSPS) is 25.9. The van der Waals surface area contributed by atoms with E-state index in [2.05, 4.69) is 5.32 Å². The van der Waals surface area contributed by atoms with Gasteiger partial charge in [-0.2, -0.15) is 0 Å². The smallest absolute Gasteiger partial charge is 0.326 e. The van der Waals surface area contributed by atoms with Crippen LogP contribution in [0.2, 0.25) is 0 Å². The SMILES string of the molecule is CC(C)[C@@H](NC(=O)N1[C@H](C)CCC[C@@H]1C)C(=O)O. The molecule has 104 valence electrons. The lowest BCUT2D eigenvalue weighted by molar-refractivity contribution is -0.140. The third-order valence-corrected chi connectivity index (χ3v) is 3.64. The summed E-state index contributed by atoms with van der Waals surface area (Å²) in [7, 11) is 0. The van der Waals surface area contributed by atoms with Crippen LogP contribution in [0.15, 0.2) is 0 Å². The molecular formula is C13H24N2O3. The summed E-state index contributed by atoms with van der Waals surface area (Å²) in [6, 6.07) is -0.722. The zero-order chi connectivity index (χ0) is 13.9. The number of hydrogen-bond acceptors (Lipinski definition) is 2. The number of urea groups is 1. The van der Waals surface area contributed by atoms with Gasteiger partial charge in [0.2, 0.25) is 0 Å². The number of nitrogens with one attached hydrogen (secondary N) is 1. The molecule has 0 radical (unpaired) electrons. The summed E-state index contributed by atoms with van der Waals surface area (Å²) in [6.45, 7) is 7.62. The van der Waals surface area contributed by atoms with E-state index in [9.17, 15) is 9.59 Å². The van der Waals surface area contributed by atoms with E-state index >= 15 is 0 Å². The van der Waals surface area contributed by atoms with Gasteiger partial charge in [-0.3, -0.25) is 0 Å².